The van der Waals surface area contributed by atoms with Crippen molar-refractivity contribution in [3.8, 4) is 0 Å². The van der Waals surface area contributed by atoms with E-state index in [2.05, 4.69) is 5.32 Å². The van der Waals surface area contributed by atoms with Crippen molar-refractivity contribution >= 4 is 21.9 Å². The summed E-state index contributed by atoms with van der Waals surface area (Å²) in [6.45, 7) is 1.91. The molecule has 1 aromatic carbocycles. The zero-order valence-electron chi connectivity index (χ0n) is 12.5. The van der Waals surface area contributed by atoms with Gasteiger partial charge in [-0.3, -0.25) is 9.59 Å². The molecule has 0 aromatic heterocycles. The maximum atomic E-state index is 13.0. The second kappa shape index (κ2) is 7.05. The van der Waals surface area contributed by atoms with E-state index in [0.717, 1.165) is 28.6 Å². The first kappa shape index (κ1) is 17.4. The summed E-state index contributed by atoms with van der Waals surface area (Å²) in [7, 11) is -4.02. The van der Waals surface area contributed by atoms with Crippen LogP contribution in [0.2, 0.25) is 0 Å². The predicted octanol–water partition coefficient (Wildman–Crippen LogP) is 0.268. The lowest BCUT2D eigenvalue weighted by Crippen LogP contribution is -2.57. The first-order chi connectivity index (χ1) is 10.9. The Morgan fingerprint density at radius 1 is 1.39 bits per heavy atom. The van der Waals surface area contributed by atoms with Crippen LogP contribution in [0.4, 0.5) is 4.39 Å². The molecule has 1 N–H and O–H groups in total. The third kappa shape index (κ3) is 3.85. The number of ether oxygens (including phenoxy) is 1. The van der Waals surface area contributed by atoms with Crippen LogP contribution in [0.3, 0.4) is 0 Å². The van der Waals surface area contributed by atoms with Gasteiger partial charge in [-0.15, -0.1) is 0 Å². The summed E-state index contributed by atoms with van der Waals surface area (Å²) in [5, 5.41) is 2.53. The van der Waals surface area contributed by atoms with Crippen molar-refractivity contribution in [3.05, 3.63) is 30.1 Å². The second-order valence-corrected chi connectivity index (χ2v) is 6.78. The monoisotopic (exact) mass is 344 g/mol. The lowest BCUT2D eigenvalue weighted by atomic mass is 10.1. The number of halogens is 1. The Morgan fingerprint density at radius 2 is 2.04 bits per heavy atom. The minimum Gasteiger partial charge on any atom is -0.466 e. The van der Waals surface area contributed by atoms with Gasteiger partial charge in [0, 0.05) is 13.1 Å². The normalized spacial score (nSPS) is 19.2. The SMILES string of the molecule is CCOC(=O)C[C@@H]1C(=O)NCCN1S(=O)(=O)c1ccc(F)cc1. The van der Waals surface area contributed by atoms with Gasteiger partial charge in [0.05, 0.1) is 17.9 Å². The van der Waals surface area contributed by atoms with E-state index in [-0.39, 0.29) is 31.0 Å². The number of carbonyl (C=O) groups excluding carboxylic acids is 2. The average Bonchev–Trinajstić information content (AvgIpc) is 2.50. The Balaban J connectivity index is 2.30. The Hall–Kier alpha value is -2.00. The molecule has 1 aliphatic rings. The van der Waals surface area contributed by atoms with E-state index in [0.29, 0.717) is 0 Å². The molecule has 1 fully saturated rings. The van der Waals surface area contributed by atoms with Crippen LogP contribution < -0.4 is 5.32 Å². The molecule has 1 atom stereocenters. The molecular weight excluding hydrogens is 327 g/mol. The highest BCUT2D eigenvalue weighted by atomic mass is 32.2. The minimum absolute atomic E-state index is 0.0233. The van der Waals surface area contributed by atoms with E-state index in [1.807, 2.05) is 0 Å². The molecular formula is C14H17FN2O5S. The predicted molar refractivity (Wildman–Crippen MR) is 78.3 cm³/mol. The zero-order valence-corrected chi connectivity index (χ0v) is 13.3. The standard InChI is InChI=1S/C14H17FN2O5S/c1-2-22-13(18)9-12-14(19)16-7-8-17(12)23(20,21)11-5-3-10(15)4-6-11/h3-6,12H,2,7-9H2,1H3,(H,16,19)/t12-/m1/s1. The van der Waals surface area contributed by atoms with E-state index in [1.54, 1.807) is 6.92 Å². The number of nitrogens with zero attached hydrogens (tertiary/aromatic N) is 1. The Kier molecular flexibility index (Phi) is 5.32. The van der Waals surface area contributed by atoms with Crippen LogP contribution in [0.5, 0.6) is 0 Å². The Bertz CT molecular complexity index is 690. The van der Waals surface area contributed by atoms with Gasteiger partial charge in [-0.05, 0) is 31.2 Å². The summed E-state index contributed by atoms with van der Waals surface area (Å²) in [5.41, 5.74) is 0. The molecule has 0 saturated carbocycles. The quantitative estimate of drug-likeness (QED) is 0.774. The summed E-state index contributed by atoms with van der Waals surface area (Å²) >= 11 is 0. The fourth-order valence-electron chi connectivity index (χ4n) is 2.30. The van der Waals surface area contributed by atoms with Crippen LogP contribution in [0.15, 0.2) is 29.2 Å². The van der Waals surface area contributed by atoms with E-state index in [1.165, 1.54) is 0 Å². The van der Waals surface area contributed by atoms with E-state index < -0.39 is 33.8 Å². The number of sulfonamides is 1. The van der Waals surface area contributed by atoms with Crippen molar-refractivity contribution in [1.29, 1.82) is 0 Å². The number of hydrogen-bond acceptors (Lipinski definition) is 5. The summed E-state index contributed by atoms with van der Waals surface area (Å²) < 4.78 is 44.0. The largest absolute Gasteiger partial charge is 0.466 e. The molecule has 1 heterocycles. The third-order valence-corrected chi connectivity index (χ3v) is 5.29. The highest BCUT2D eigenvalue weighted by molar-refractivity contribution is 7.89. The molecule has 0 aliphatic carbocycles. The number of carbonyl (C=O) groups is 2. The molecule has 2 rings (SSSR count). The summed E-state index contributed by atoms with van der Waals surface area (Å²) in [6, 6.07) is 3.11. The Labute approximate surface area is 133 Å². The number of esters is 1. The van der Waals surface area contributed by atoms with Crippen molar-refractivity contribution in [1.82, 2.24) is 9.62 Å². The number of piperazine rings is 1. The fraction of sp³-hybridized carbons (Fsp3) is 0.429. The van der Waals surface area contributed by atoms with E-state index >= 15 is 0 Å². The number of hydrogen-bond donors (Lipinski definition) is 1. The molecule has 0 bridgehead atoms. The molecule has 1 aliphatic heterocycles. The average molecular weight is 344 g/mol. The van der Waals surface area contributed by atoms with Gasteiger partial charge >= 0.3 is 5.97 Å². The first-order valence-corrected chi connectivity index (χ1v) is 8.51. The van der Waals surface area contributed by atoms with Gasteiger partial charge in [-0.25, -0.2) is 12.8 Å². The number of benzene rings is 1. The highest BCUT2D eigenvalue weighted by Gasteiger charge is 2.39. The van der Waals surface area contributed by atoms with Crippen LogP contribution in [0, 0.1) is 5.82 Å². The molecule has 1 amide bonds. The molecule has 0 radical (unpaired) electrons. The summed E-state index contributed by atoms with van der Waals surface area (Å²) in [5.74, 6) is -1.78. The van der Waals surface area contributed by atoms with Crippen molar-refractivity contribution < 1.29 is 27.1 Å². The zero-order chi connectivity index (χ0) is 17.0. The summed E-state index contributed by atoms with van der Waals surface area (Å²) in [6.07, 6.45) is -0.375. The minimum atomic E-state index is -4.02. The summed E-state index contributed by atoms with van der Waals surface area (Å²) in [4.78, 5) is 23.5. The van der Waals surface area contributed by atoms with Crippen LogP contribution in [-0.4, -0.2) is 50.3 Å². The maximum absolute atomic E-state index is 13.0. The third-order valence-electron chi connectivity index (χ3n) is 3.37. The van der Waals surface area contributed by atoms with Crippen LogP contribution in [0.25, 0.3) is 0 Å². The van der Waals surface area contributed by atoms with Gasteiger partial charge in [0.1, 0.15) is 11.9 Å². The van der Waals surface area contributed by atoms with E-state index in [4.69, 9.17) is 4.74 Å². The number of rotatable bonds is 5. The van der Waals surface area contributed by atoms with Gasteiger partial charge < -0.3 is 10.1 Å². The molecule has 126 valence electrons. The van der Waals surface area contributed by atoms with Crippen molar-refractivity contribution in [2.75, 3.05) is 19.7 Å². The van der Waals surface area contributed by atoms with Crippen molar-refractivity contribution in [2.24, 2.45) is 0 Å². The van der Waals surface area contributed by atoms with Gasteiger partial charge in [-0.2, -0.15) is 4.31 Å². The lowest BCUT2D eigenvalue weighted by molar-refractivity contribution is -0.146. The van der Waals surface area contributed by atoms with Gasteiger partial charge in [0.15, 0.2) is 0 Å². The van der Waals surface area contributed by atoms with Crippen LogP contribution in [-0.2, 0) is 24.3 Å². The van der Waals surface area contributed by atoms with Crippen molar-refractivity contribution in [3.63, 3.8) is 0 Å². The lowest BCUT2D eigenvalue weighted by Gasteiger charge is -2.33. The molecule has 7 nitrogen and oxygen atoms in total. The highest BCUT2D eigenvalue weighted by Crippen LogP contribution is 2.22. The van der Waals surface area contributed by atoms with Crippen LogP contribution in [0.1, 0.15) is 13.3 Å². The topological polar surface area (TPSA) is 92.8 Å². The molecule has 0 spiro atoms. The van der Waals surface area contributed by atoms with Gasteiger partial charge in [0.2, 0.25) is 15.9 Å². The number of nitrogens with one attached hydrogen (secondary N) is 1. The molecule has 9 heteroatoms. The smallest absolute Gasteiger partial charge is 0.307 e. The van der Waals surface area contributed by atoms with Crippen molar-refractivity contribution in [2.45, 2.75) is 24.3 Å². The molecule has 1 aromatic rings. The second-order valence-electron chi connectivity index (χ2n) is 4.89. The van der Waals surface area contributed by atoms with Gasteiger partial charge in [0.25, 0.3) is 0 Å². The number of amides is 1. The van der Waals surface area contributed by atoms with Crippen LogP contribution >= 0.6 is 0 Å². The molecule has 0 unspecified atom stereocenters. The van der Waals surface area contributed by atoms with E-state index in [9.17, 15) is 22.4 Å². The fourth-order valence-corrected chi connectivity index (χ4v) is 3.88. The Morgan fingerprint density at radius 3 is 2.65 bits per heavy atom. The molecule has 23 heavy (non-hydrogen) atoms. The maximum Gasteiger partial charge on any atom is 0.307 e. The van der Waals surface area contributed by atoms with Gasteiger partial charge in [-0.1, -0.05) is 0 Å². The molecule has 1 saturated heterocycles. The first-order valence-electron chi connectivity index (χ1n) is 7.07.